The van der Waals surface area contributed by atoms with E-state index in [0.717, 1.165) is 17.9 Å². The van der Waals surface area contributed by atoms with Crippen LogP contribution in [0, 0.1) is 0 Å². The van der Waals surface area contributed by atoms with Crippen LogP contribution in [0.3, 0.4) is 0 Å². The van der Waals surface area contributed by atoms with Crippen LogP contribution in [0.1, 0.15) is 6.92 Å². The number of hydrogen-bond acceptors (Lipinski definition) is 5. The maximum absolute atomic E-state index is 10.7. The van der Waals surface area contributed by atoms with Gasteiger partial charge >= 0.3 is 0 Å². The normalized spacial score (nSPS) is 11.1. The second-order valence-electron chi connectivity index (χ2n) is 3.29. The van der Waals surface area contributed by atoms with Crippen LogP contribution in [0.4, 0.5) is 11.4 Å². The van der Waals surface area contributed by atoms with Gasteiger partial charge in [0.25, 0.3) is 0 Å². The Morgan fingerprint density at radius 2 is 1.94 bits per heavy atom. The first-order valence-corrected chi connectivity index (χ1v) is 6.66. The van der Waals surface area contributed by atoms with Crippen molar-refractivity contribution in [2.24, 2.45) is 5.14 Å². The summed E-state index contributed by atoms with van der Waals surface area (Å²) in [6.07, 6.45) is 3.33. The van der Waals surface area contributed by atoms with E-state index in [-0.39, 0.29) is 12.3 Å². The van der Waals surface area contributed by atoms with Gasteiger partial charge in [-0.05, 0) is 13.0 Å². The van der Waals surface area contributed by atoms with Gasteiger partial charge in [-0.25, -0.2) is 13.6 Å². The monoisotopic (exact) mass is 244 g/mol. The fourth-order valence-electron chi connectivity index (χ4n) is 1.18. The highest BCUT2D eigenvalue weighted by Gasteiger charge is 2.02. The molecule has 0 fully saturated rings. The molecule has 0 amide bonds. The molecule has 1 aromatic heterocycles. The first-order valence-electron chi connectivity index (χ1n) is 4.94. The lowest BCUT2D eigenvalue weighted by Gasteiger charge is -2.07. The highest BCUT2D eigenvalue weighted by molar-refractivity contribution is 7.89. The average molecular weight is 244 g/mol. The molecule has 0 unspecified atom stereocenters. The van der Waals surface area contributed by atoms with Gasteiger partial charge in [0.05, 0.1) is 29.5 Å². The molecule has 1 rings (SSSR count). The molecule has 0 aliphatic carbocycles. The van der Waals surface area contributed by atoms with Crippen LogP contribution in [-0.4, -0.2) is 32.2 Å². The summed E-state index contributed by atoms with van der Waals surface area (Å²) in [4.78, 5) is 4.01. The topological polar surface area (TPSA) is 97.1 Å². The van der Waals surface area contributed by atoms with E-state index in [9.17, 15) is 8.42 Å². The highest BCUT2D eigenvalue weighted by Crippen LogP contribution is 2.12. The number of anilines is 2. The molecule has 0 bridgehead atoms. The minimum Gasteiger partial charge on any atom is -0.384 e. The lowest BCUT2D eigenvalue weighted by molar-refractivity contribution is 0.598. The zero-order chi connectivity index (χ0) is 12.0. The maximum atomic E-state index is 10.7. The Morgan fingerprint density at radius 3 is 2.50 bits per heavy atom. The summed E-state index contributed by atoms with van der Waals surface area (Å²) in [6.45, 7) is 3.07. The van der Waals surface area contributed by atoms with Crippen LogP contribution in [0.2, 0.25) is 0 Å². The number of sulfonamides is 1. The van der Waals surface area contributed by atoms with Gasteiger partial charge in [-0.1, -0.05) is 0 Å². The molecule has 1 heterocycles. The van der Waals surface area contributed by atoms with Crippen molar-refractivity contribution in [3.8, 4) is 0 Å². The predicted octanol–water partition coefficient (Wildman–Crippen LogP) is 0.214. The van der Waals surface area contributed by atoms with Gasteiger partial charge in [0, 0.05) is 13.1 Å². The molecule has 4 N–H and O–H groups in total. The Kier molecular flexibility index (Phi) is 4.51. The Hall–Kier alpha value is -1.34. The molecule has 7 heteroatoms. The Morgan fingerprint density at radius 1 is 1.31 bits per heavy atom. The third-order valence-corrected chi connectivity index (χ3v) is 2.61. The van der Waals surface area contributed by atoms with Gasteiger partial charge in [-0.15, -0.1) is 0 Å². The van der Waals surface area contributed by atoms with E-state index in [0.29, 0.717) is 0 Å². The van der Waals surface area contributed by atoms with Crippen molar-refractivity contribution in [2.45, 2.75) is 6.92 Å². The van der Waals surface area contributed by atoms with Gasteiger partial charge in [0.2, 0.25) is 10.0 Å². The molecular formula is C9H16N4O2S. The van der Waals surface area contributed by atoms with Crippen molar-refractivity contribution < 1.29 is 8.42 Å². The van der Waals surface area contributed by atoms with Crippen LogP contribution in [0.25, 0.3) is 0 Å². The third-order valence-electron chi connectivity index (χ3n) is 1.83. The number of rotatable bonds is 6. The van der Waals surface area contributed by atoms with Crippen LogP contribution in [0.15, 0.2) is 18.5 Å². The molecular weight excluding hydrogens is 228 g/mol. The third kappa shape index (κ3) is 4.94. The molecule has 0 saturated heterocycles. The number of nitrogens with two attached hydrogens (primary N) is 1. The zero-order valence-electron chi connectivity index (χ0n) is 9.10. The van der Waals surface area contributed by atoms with Crippen molar-refractivity contribution in [3.05, 3.63) is 18.5 Å². The fraction of sp³-hybridized carbons (Fsp3) is 0.444. The van der Waals surface area contributed by atoms with Crippen LogP contribution in [-0.2, 0) is 10.0 Å². The molecule has 0 atom stereocenters. The zero-order valence-corrected chi connectivity index (χ0v) is 9.92. The van der Waals surface area contributed by atoms with Crippen molar-refractivity contribution in [3.63, 3.8) is 0 Å². The van der Waals surface area contributed by atoms with E-state index < -0.39 is 10.0 Å². The van der Waals surface area contributed by atoms with Gasteiger partial charge < -0.3 is 10.6 Å². The number of hydrogen-bond donors (Lipinski definition) is 3. The van der Waals surface area contributed by atoms with Crippen molar-refractivity contribution >= 4 is 21.4 Å². The predicted molar refractivity (Wildman–Crippen MR) is 64.9 cm³/mol. The largest absolute Gasteiger partial charge is 0.384 e. The van der Waals surface area contributed by atoms with E-state index in [1.54, 1.807) is 12.4 Å². The lowest BCUT2D eigenvalue weighted by Crippen LogP contribution is -2.22. The number of aromatic nitrogens is 1. The Bertz CT molecular complexity index is 433. The second-order valence-corrected chi connectivity index (χ2v) is 5.02. The molecule has 90 valence electrons. The minimum absolute atomic E-state index is 0.0988. The molecule has 16 heavy (non-hydrogen) atoms. The SMILES string of the molecule is CCNc1cncc(NCCS(N)(=O)=O)c1. The first kappa shape index (κ1) is 12.7. The molecule has 0 aliphatic rings. The summed E-state index contributed by atoms with van der Waals surface area (Å²) < 4.78 is 21.4. The molecule has 0 spiro atoms. The molecule has 6 nitrogen and oxygen atoms in total. The van der Waals surface area contributed by atoms with Crippen LogP contribution in [0.5, 0.6) is 0 Å². The van der Waals surface area contributed by atoms with E-state index in [4.69, 9.17) is 5.14 Å². The van der Waals surface area contributed by atoms with Crippen molar-refractivity contribution in [2.75, 3.05) is 29.5 Å². The highest BCUT2D eigenvalue weighted by atomic mass is 32.2. The van der Waals surface area contributed by atoms with Crippen LogP contribution >= 0.6 is 0 Å². The molecule has 0 aliphatic heterocycles. The number of nitrogens with zero attached hydrogens (tertiary/aromatic N) is 1. The average Bonchev–Trinajstić information content (AvgIpc) is 2.17. The number of pyridine rings is 1. The van der Waals surface area contributed by atoms with Gasteiger partial charge in [0.15, 0.2) is 0 Å². The molecule has 0 aromatic carbocycles. The van der Waals surface area contributed by atoms with Crippen LogP contribution < -0.4 is 15.8 Å². The van der Waals surface area contributed by atoms with Crippen molar-refractivity contribution in [1.29, 1.82) is 0 Å². The first-order chi connectivity index (χ1) is 7.51. The molecule has 0 radical (unpaired) electrons. The lowest BCUT2D eigenvalue weighted by atomic mass is 10.3. The molecule has 1 aromatic rings. The molecule has 0 saturated carbocycles. The maximum Gasteiger partial charge on any atom is 0.210 e. The van der Waals surface area contributed by atoms with Gasteiger partial charge in [-0.2, -0.15) is 0 Å². The van der Waals surface area contributed by atoms with E-state index in [1.807, 2.05) is 13.0 Å². The van der Waals surface area contributed by atoms with Crippen molar-refractivity contribution in [1.82, 2.24) is 4.98 Å². The standard InChI is InChI=1S/C9H16N4O2S/c1-2-12-8-5-9(7-11-6-8)13-3-4-16(10,14)15/h5-7,12-13H,2-4H2,1H3,(H2,10,14,15). The number of primary sulfonamides is 1. The Labute approximate surface area is 95.3 Å². The summed E-state index contributed by atoms with van der Waals surface area (Å²) in [7, 11) is -3.41. The van der Waals surface area contributed by atoms with Gasteiger partial charge in [-0.3, -0.25) is 4.98 Å². The van der Waals surface area contributed by atoms with E-state index in [1.165, 1.54) is 0 Å². The smallest absolute Gasteiger partial charge is 0.210 e. The quantitative estimate of drug-likeness (QED) is 0.665. The second kappa shape index (κ2) is 5.66. The van der Waals surface area contributed by atoms with Gasteiger partial charge in [0.1, 0.15) is 0 Å². The summed E-state index contributed by atoms with van der Waals surface area (Å²) in [5.74, 6) is -0.0988. The van der Waals surface area contributed by atoms with E-state index in [2.05, 4.69) is 15.6 Å². The summed E-state index contributed by atoms with van der Waals surface area (Å²) >= 11 is 0. The number of nitrogens with one attached hydrogen (secondary N) is 2. The summed E-state index contributed by atoms with van der Waals surface area (Å²) in [6, 6.07) is 1.86. The summed E-state index contributed by atoms with van der Waals surface area (Å²) in [5, 5.41) is 10.9. The Balaban J connectivity index is 2.51. The summed E-state index contributed by atoms with van der Waals surface area (Å²) in [5.41, 5.74) is 1.66. The fourth-order valence-corrected chi connectivity index (χ4v) is 1.56. The van der Waals surface area contributed by atoms with E-state index >= 15 is 0 Å². The minimum atomic E-state index is -3.41.